The third kappa shape index (κ3) is 3.39. The molecule has 1 aromatic rings. The molecular weight excluding hydrogens is 438 g/mol. The van der Waals surface area contributed by atoms with Crippen LogP contribution >= 0.6 is 11.6 Å². The van der Waals surface area contributed by atoms with Crippen molar-refractivity contribution in [2.45, 2.75) is 45.2 Å². The molecule has 0 amide bonds. The number of allylic oxidation sites excluding steroid dienone is 5. The largest absolute Gasteiger partial charge is 1.00 e. The van der Waals surface area contributed by atoms with Gasteiger partial charge in [-0.3, -0.25) is 0 Å². The van der Waals surface area contributed by atoms with Crippen molar-refractivity contribution in [1.29, 1.82) is 0 Å². The molecule has 3 rings (SSSR count). The van der Waals surface area contributed by atoms with Crippen molar-refractivity contribution in [2.24, 2.45) is 5.41 Å². The standard InChI is InChI=1S/C10H8Cl.C10H15.2ClH.Zr/c1-7-5-8-3-2-4-10(11)9(8)6-7;1-7-6-10(4,5)9(3)8(7)2;;;/h2-6H,1H3;1-5H3;2*1H;/q;;;;+2/p-2. The molecule has 0 fully saturated rings. The summed E-state index contributed by atoms with van der Waals surface area (Å²) < 4.78 is 2.40. The summed E-state index contributed by atoms with van der Waals surface area (Å²) in [6.07, 6.45) is 2.31. The second-order valence-electron chi connectivity index (χ2n) is 7.08. The fourth-order valence-electron chi connectivity index (χ4n) is 3.73. The van der Waals surface area contributed by atoms with Gasteiger partial charge in [-0.1, -0.05) is 0 Å². The summed E-state index contributed by atoms with van der Waals surface area (Å²) in [5.74, 6) is 0. The molecule has 0 nitrogen and oxygen atoms in total. The molecule has 0 bridgehead atoms. The molecular formula is C20H23Cl3Zr. The van der Waals surface area contributed by atoms with E-state index in [2.05, 4.69) is 59.8 Å². The molecule has 0 radical (unpaired) electrons. The van der Waals surface area contributed by atoms with Crippen molar-refractivity contribution >= 4 is 17.7 Å². The quantitative estimate of drug-likeness (QED) is 0.604. The van der Waals surface area contributed by atoms with E-state index in [4.69, 9.17) is 11.6 Å². The monoisotopic (exact) mass is 458 g/mol. The fourth-order valence-corrected chi connectivity index (χ4v) is 8.78. The van der Waals surface area contributed by atoms with Gasteiger partial charge in [-0.15, -0.1) is 0 Å². The Kier molecular flexibility index (Phi) is 7.26. The molecule has 0 aliphatic heterocycles. The summed E-state index contributed by atoms with van der Waals surface area (Å²) in [5.41, 5.74) is 9.14. The van der Waals surface area contributed by atoms with E-state index in [1.54, 1.807) is 14.4 Å². The zero-order valence-corrected chi connectivity index (χ0v) is 19.7. The average molecular weight is 461 g/mol. The second-order valence-corrected chi connectivity index (χ2v) is 10.8. The van der Waals surface area contributed by atoms with Crippen LogP contribution in [0.4, 0.5) is 0 Å². The molecule has 0 heterocycles. The number of halogens is 3. The van der Waals surface area contributed by atoms with Crippen LogP contribution in [0.5, 0.6) is 0 Å². The normalized spacial score (nSPS) is 21.0. The maximum absolute atomic E-state index is 6.40. The first-order valence-corrected chi connectivity index (χ1v) is 10.9. The maximum atomic E-state index is 6.40. The maximum Gasteiger partial charge on any atom is -1.00 e. The van der Waals surface area contributed by atoms with Crippen LogP contribution in [-0.2, 0) is 23.2 Å². The number of rotatable bonds is 2. The molecule has 4 heteroatoms. The second kappa shape index (κ2) is 7.83. The summed E-state index contributed by atoms with van der Waals surface area (Å²) in [4.78, 5) is 0. The van der Waals surface area contributed by atoms with Crippen molar-refractivity contribution in [1.82, 2.24) is 0 Å². The van der Waals surface area contributed by atoms with Crippen molar-refractivity contribution in [3.05, 3.63) is 59.9 Å². The van der Waals surface area contributed by atoms with Gasteiger partial charge in [0, 0.05) is 0 Å². The minimum absolute atomic E-state index is 0. The smallest absolute Gasteiger partial charge is 1.00 e. The van der Waals surface area contributed by atoms with E-state index in [0.29, 0.717) is 3.63 Å². The molecule has 1 unspecified atom stereocenters. The molecule has 24 heavy (non-hydrogen) atoms. The van der Waals surface area contributed by atoms with Crippen LogP contribution in [0.2, 0.25) is 5.02 Å². The minimum Gasteiger partial charge on any atom is -1.00 e. The zero-order chi connectivity index (χ0) is 16.2. The third-order valence-electron chi connectivity index (χ3n) is 5.58. The van der Waals surface area contributed by atoms with Crippen LogP contribution in [-0.4, -0.2) is 0 Å². The molecule has 2 aliphatic rings. The zero-order valence-electron chi connectivity index (χ0n) is 15.0. The van der Waals surface area contributed by atoms with Gasteiger partial charge < -0.3 is 24.8 Å². The summed E-state index contributed by atoms with van der Waals surface area (Å²) in [6, 6.07) is 6.40. The van der Waals surface area contributed by atoms with Crippen molar-refractivity contribution < 1.29 is 48.0 Å². The summed E-state index contributed by atoms with van der Waals surface area (Å²) in [7, 11) is 0. The first kappa shape index (κ1) is 22.2. The van der Waals surface area contributed by atoms with Gasteiger partial charge in [0.15, 0.2) is 0 Å². The molecule has 0 saturated carbocycles. The predicted octanol–water partition coefficient (Wildman–Crippen LogP) is 0.539. The fraction of sp³-hybridized carbons (Fsp3) is 0.400. The summed E-state index contributed by atoms with van der Waals surface area (Å²) >= 11 is 5.65. The predicted molar refractivity (Wildman–Crippen MR) is 92.7 cm³/mol. The van der Waals surface area contributed by atoms with Gasteiger partial charge in [-0.25, -0.2) is 0 Å². The summed E-state index contributed by atoms with van der Waals surface area (Å²) in [6.45, 7) is 14.0. The first-order valence-electron chi connectivity index (χ1n) is 7.88. The molecule has 128 valence electrons. The van der Waals surface area contributed by atoms with E-state index in [1.165, 1.54) is 22.3 Å². The van der Waals surface area contributed by atoms with Gasteiger partial charge in [0.25, 0.3) is 0 Å². The minimum atomic E-state index is -0.751. The Labute approximate surface area is 175 Å². The van der Waals surface area contributed by atoms with Crippen molar-refractivity contribution in [3.63, 3.8) is 0 Å². The summed E-state index contributed by atoms with van der Waals surface area (Å²) in [5, 5.41) is 0.903. The van der Waals surface area contributed by atoms with E-state index in [0.717, 1.165) is 5.02 Å². The SMILES string of the molecule is CC1=Cc2c(Cl)cccc2[CH]1[Zr+2][C]1=C(C)C(C)=C(C)C1(C)C.[Cl-].[Cl-]. The number of fused-ring (bicyclic) bond motifs is 1. The molecule has 1 aromatic carbocycles. The molecule has 2 aliphatic carbocycles. The first-order chi connectivity index (χ1) is 10.2. The Morgan fingerprint density at radius 3 is 2.17 bits per heavy atom. The Morgan fingerprint density at radius 1 is 1.00 bits per heavy atom. The Balaban J connectivity index is 0.00000144. The van der Waals surface area contributed by atoms with Crippen LogP contribution < -0.4 is 24.8 Å². The van der Waals surface area contributed by atoms with E-state index in [1.807, 2.05) is 6.07 Å². The van der Waals surface area contributed by atoms with E-state index in [9.17, 15) is 0 Å². The number of benzene rings is 1. The van der Waals surface area contributed by atoms with Crippen LogP contribution in [0.15, 0.2) is 43.8 Å². The third-order valence-corrected chi connectivity index (χ3v) is 11.7. The van der Waals surface area contributed by atoms with Gasteiger partial charge in [0.1, 0.15) is 0 Å². The van der Waals surface area contributed by atoms with Gasteiger partial charge in [-0.2, -0.15) is 0 Å². The van der Waals surface area contributed by atoms with Crippen LogP contribution in [0.3, 0.4) is 0 Å². The number of hydrogen-bond donors (Lipinski definition) is 0. The molecule has 0 aromatic heterocycles. The van der Waals surface area contributed by atoms with E-state index >= 15 is 0 Å². The molecule has 0 saturated heterocycles. The molecule has 0 spiro atoms. The molecule has 1 atom stereocenters. The number of hydrogen-bond acceptors (Lipinski definition) is 0. The van der Waals surface area contributed by atoms with E-state index < -0.39 is 23.2 Å². The van der Waals surface area contributed by atoms with Crippen LogP contribution in [0.1, 0.15) is 56.3 Å². The van der Waals surface area contributed by atoms with Crippen molar-refractivity contribution in [3.8, 4) is 0 Å². The van der Waals surface area contributed by atoms with Gasteiger partial charge >= 0.3 is 151 Å². The van der Waals surface area contributed by atoms with Crippen LogP contribution in [0.25, 0.3) is 6.08 Å². The van der Waals surface area contributed by atoms with E-state index in [-0.39, 0.29) is 30.2 Å². The molecule has 0 N–H and O–H groups in total. The van der Waals surface area contributed by atoms with Gasteiger partial charge in [0.05, 0.1) is 0 Å². The van der Waals surface area contributed by atoms with Gasteiger partial charge in [-0.05, 0) is 0 Å². The van der Waals surface area contributed by atoms with Gasteiger partial charge in [0.2, 0.25) is 0 Å². The topological polar surface area (TPSA) is 0 Å². The Hall–Kier alpha value is 0.193. The van der Waals surface area contributed by atoms with Crippen molar-refractivity contribution in [2.75, 3.05) is 0 Å². The average Bonchev–Trinajstić information content (AvgIpc) is 2.85. The Morgan fingerprint density at radius 2 is 1.62 bits per heavy atom. The van der Waals surface area contributed by atoms with Crippen LogP contribution in [0, 0.1) is 5.41 Å². The Bertz CT molecular complexity index is 754.